The van der Waals surface area contributed by atoms with E-state index < -0.39 is 0 Å². The van der Waals surface area contributed by atoms with Gasteiger partial charge in [0.2, 0.25) is 5.95 Å². The van der Waals surface area contributed by atoms with Crippen molar-refractivity contribution in [2.75, 3.05) is 10.6 Å². The Bertz CT molecular complexity index is 870. The highest BCUT2D eigenvalue weighted by atomic mass is 16.1. The Labute approximate surface area is 145 Å². The van der Waals surface area contributed by atoms with E-state index in [1.54, 1.807) is 24.5 Å². The number of anilines is 2. The summed E-state index contributed by atoms with van der Waals surface area (Å²) in [4.78, 5) is 21.1. The van der Waals surface area contributed by atoms with Gasteiger partial charge < -0.3 is 9.88 Å². The van der Waals surface area contributed by atoms with Crippen LogP contribution >= 0.6 is 0 Å². The van der Waals surface area contributed by atoms with E-state index in [4.69, 9.17) is 0 Å². The topological polar surface area (TPSA) is 71.8 Å². The normalized spacial score (nSPS) is 13.4. The van der Waals surface area contributed by atoms with Crippen molar-refractivity contribution in [1.29, 1.82) is 0 Å². The number of hydrogen-bond donors (Lipinski definition) is 2. The van der Waals surface area contributed by atoms with Gasteiger partial charge in [0, 0.05) is 30.2 Å². The Hall–Kier alpha value is -3.15. The van der Waals surface area contributed by atoms with Crippen LogP contribution in [0.2, 0.25) is 0 Å². The monoisotopic (exact) mass is 333 g/mol. The Morgan fingerprint density at radius 1 is 1.12 bits per heavy atom. The molecule has 2 heterocycles. The van der Waals surface area contributed by atoms with E-state index in [1.165, 1.54) is 0 Å². The number of nitrogens with one attached hydrogen (secondary N) is 2. The zero-order chi connectivity index (χ0) is 17.1. The fourth-order valence-electron chi connectivity index (χ4n) is 2.60. The van der Waals surface area contributed by atoms with Crippen LogP contribution in [0.3, 0.4) is 0 Å². The number of carbonyl (C=O) groups excluding carboxylic acids is 1. The van der Waals surface area contributed by atoms with E-state index in [0.29, 0.717) is 24.1 Å². The maximum absolute atomic E-state index is 12.6. The average molecular weight is 333 g/mol. The number of pyridine rings is 1. The molecule has 6 heteroatoms. The van der Waals surface area contributed by atoms with E-state index in [2.05, 4.69) is 20.6 Å². The van der Waals surface area contributed by atoms with Gasteiger partial charge in [0.05, 0.1) is 6.54 Å². The number of hydrogen-bond acceptors (Lipinski definition) is 4. The smallest absolute Gasteiger partial charge is 0.258 e. The van der Waals surface area contributed by atoms with Crippen molar-refractivity contribution >= 4 is 17.7 Å². The molecule has 1 fully saturated rings. The maximum atomic E-state index is 12.6. The first kappa shape index (κ1) is 15.4. The summed E-state index contributed by atoms with van der Waals surface area (Å²) in [6.45, 7) is 0.654. The van der Waals surface area contributed by atoms with Crippen molar-refractivity contribution in [3.63, 3.8) is 0 Å². The number of benzene rings is 1. The fourth-order valence-corrected chi connectivity index (χ4v) is 2.60. The van der Waals surface area contributed by atoms with Crippen molar-refractivity contribution in [2.24, 2.45) is 0 Å². The molecule has 0 radical (unpaired) electrons. The maximum Gasteiger partial charge on any atom is 0.258 e. The lowest BCUT2D eigenvalue weighted by Crippen LogP contribution is -2.17. The number of carbonyl (C=O) groups is 1. The Balaban J connectivity index is 1.47. The van der Waals surface area contributed by atoms with Crippen LogP contribution in [0.15, 0.2) is 61.1 Å². The lowest BCUT2D eigenvalue weighted by molar-refractivity contribution is 0.102. The van der Waals surface area contributed by atoms with Gasteiger partial charge in [-0.3, -0.25) is 10.1 Å². The highest BCUT2D eigenvalue weighted by Gasteiger charge is 2.21. The van der Waals surface area contributed by atoms with Gasteiger partial charge in [-0.05, 0) is 30.5 Å². The molecule has 0 bridgehead atoms. The largest absolute Gasteiger partial charge is 0.367 e. The molecule has 126 valence electrons. The molecule has 0 saturated heterocycles. The summed E-state index contributed by atoms with van der Waals surface area (Å²) in [5, 5.41) is 6.18. The molecule has 1 aliphatic carbocycles. The van der Waals surface area contributed by atoms with Crippen molar-refractivity contribution < 1.29 is 4.79 Å². The summed E-state index contributed by atoms with van der Waals surface area (Å²) in [7, 11) is 0. The highest BCUT2D eigenvalue weighted by molar-refractivity contribution is 6.03. The molecular formula is C19H19N5O. The summed E-state index contributed by atoms with van der Waals surface area (Å²) in [5.41, 5.74) is 1.71. The Morgan fingerprint density at radius 2 is 1.96 bits per heavy atom. The highest BCUT2D eigenvalue weighted by Crippen LogP contribution is 2.24. The van der Waals surface area contributed by atoms with Gasteiger partial charge in [0.15, 0.2) is 0 Å². The third kappa shape index (κ3) is 3.85. The first-order valence-corrected chi connectivity index (χ1v) is 8.37. The minimum absolute atomic E-state index is 0.193. The molecule has 0 aliphatic heterocycles. The second-order valence-electron chi connectivity index (χ2n) is 6.17. The molecule has 1 amide bonds. The van der Waals surface area contributed by atoms with Crippen molar-refractivity contribution in [2.45, 2.75) is 25.4 Å². The summed E-state index contributed by atoms with van der Waals surface area (Å²) in [6, 6.07) is 14.0. The van der Waals surface area contributed by atoms with Crippen molar-refractivity contribution in [1.82, 2.24) is 14.5 Å². The van der Waals surface area contributed by atoms with Gasteiger partial charge in [0.25, 0.3) is 5.91 Å². The molecule has 4 rings (SSSR count). The van der Waals surface area contributed by atoms with Crippen LogP contribution in [-0.2, 0) is 6.54 Å². The first-order chi connectivity index (χ1) is 12.3. The van der Waals surface area contributed by atoms with Gasteiger partial charge in [0.1, 0.15) is 5.82 Å². The quantitative estimate of drug-likeness (QED) is 0.727. The summed E-state index contributed by atoms with van der Waals surface area (Å²) in [5.74, 6) is 1.08. The van der Waals surface area contributed by atoms with Gasteiger partial charge in [-0.2, -0.15) is 0 Å². The molecule has 0 atom stereocenters. The number of imidazole rings is 1. The van der Waals surface area contributed by atoms with E-state index in [1.807, 2.05) is 41.1 Å². The molecule has 1 aliphatic rings. The minimum atomic E-state index is -0.193. The molecule has 1 saturated carbocycles. The Morgan fingerprint density at radius 3 is 2.76 bits per heavy atom. The molecule has 6 nitrogen and oxygen atoms in total. The lowest BCUT2D eigenvalue weighted by Gasteiger charge is -2.10. The standard InChI is InChI=1S/C19H19N5O/c25-18(15-8-9-20-17(12-15)22-16-6-7-16)23-19-21-10-11-24(19)13-14-4-2-1-3-5-14/h1-5,8-12,16H,6-7,13H2,(H,20,22)(H,21,23,25). The summed E-state index contributed by atoms with van der Waals surface area (Å²) < 4.78 is 1.91. The van der Waals surface area contributed by atoms with Crippen LogP contribution in [0.1, 0.15) is 28.8 Å². The number of amides is 1. The van der Waals surface area contributed by atoms with Crippen LogP contribution < -0.4 is 10.6 Å². The van der Waals surface area contributed by atoms with E-state index in [-0.39, 0.29) is 5.91 Å². The summed E-state index contributed by atoms with van der Waals surface area (Å²) in [6.07, 6.45) is 7.51. The van der Waals surface area contributed by atoms with Crippen molar-refractivity contribution in [3.05, 3.63) is 72.2 Å². The minimum Gasteiger partial charge on any atom is -0.367 e. The van der Waals surface area contributed by atoms with Gasteiger partial charge in [-0.25, -0.2) is 9.97 Å². The van der Waals surface area contributed by atoms with Gasteiger partial charge in [-0.15, -0.1) is 0 Å². The molecule has 2 aromatic heterocycles. The predicted octanol–water partition coefficient (Wildman–Crippen LogP) is 3.15. The van der Waals surface area contributed by atoms with Crippen LogP contribution in [0, 0.1) is 0 Å². The van der Waals surface area contributed by atoms with E-state index >= 15 is 0 Å². The molecule has 3 aromatic rings. The lowest BCUT2D eigenvalue weighted by atomic mass is 10.2. The van der Waals surface area contributed by atoms with Crippen LogP contribution in [0.4, 0.5) is 11.8 Å². The average Bonchev–Trinajstić information content (AvgIpc) is 3.35. The van der Waals surface area contributed by atoms with E-state index in [9.17, 15) is 4.79 Å². The van der Waals surface area contributed by atoms with Gasteiger partial charge in [-0.1, -0.05) is 30.3 Å². The SMILES string of the molecule is O=C(Nc1nccn1Cc1ccccc1)c1ccnc(NC2CC2)c1. The number of nitrogens with zero attached hydrogens (tertiary/aromatic N) is 3. The van der Waals surface area contributed by atoms with Crippen LogP contribution in [-0.4, -0.2) is 26.5 Å². The molecule has 0 unspecified atom stereocenters. The molecule has 0 spiro atoms. The van der Waals surface area contributed by atoms with Gasteiger partial charge >= 0.3 is 0 Å². The number of rotatable bonds is 6. The molecular weight excluding hydrogens is 314 g/mol. The zero-order valence-corrected chi connectivity index (χ0v) is 13.7. The molecule has 2 N–H and O–H groups in total. The van der Waals surface area contributed by atoms with Crippen LogP contribution in [0.5, 0.6) is 0 Å². The molecule has 1 aromatic carbocycles. The zero-order valence-electron chi connectivity index (χ0n) is 13.7. The third-order valence-corrected chi connectivity index (χ3v) is 4.09. The Kier molecular flexibility index (Phi) is 4.16. The second-order valence-corrected chi connectivity index (χ2v) is 6.17. The third-order valence-electron chi connectivity index (χ3n) is 4.09. The number of aromatic nitrogens is 3. The van der Waals surface area contributed by atoms with Crippen molar-refractivity contribution in [3.8, 4) is 0 Å². The first-order valence-electron chi connectivity index (χ1n) is 8.37. The fraction of sp³-hybridized carbons (Fsp3) is 0.211. The predicted molar refractivity (Wildman–Crippen MR) is 96.6 cm³/mol. The second kappa shape index (κ2) is 6.76. The van der Waals surface area contributed by atoms with E-state index in [0.717, 1.165) is 24.2 Å². The van der Waals surface area contributed by atoms with Crippen LogP contribution in [0.25, 0.3) is 0 Å². The molecule has 25 heavy (non-hydrogen) atoms. The summed E-state index contributed by atoms with van der Waals surface area (Å²) >= 11 is 0.